The van der Waals surface area contributed by atoms with Gasteiger partial charge in [0.15, 0.2) is 5.82 Å². The molecule has 0 amide bonds. The zero-order chi connectivity index (χ0) is 16.5. The Balaban J connectivity index is 1.77. The molecule has 4 rings (SSSR count). The van der Waals surface area contributed by atoms with Gasteiger partial charge in [0, 0.05) is 12.6 Å². The fourth-order valence-electron chi connectivity index (χ4n) is 2.85. The summed E-state index contributed by atoms with van der Waals surface area (Å²) in [5.74, 6) is 2.60. The highest BCUT2D eigenvalue weighted by molar-refractivity contribution is 5.78. The first-order chi connectivity index (χ1) is 11.7. The van der Waals surface area contributed by atoms with Gasteiger partial charge in [0.05, 0.1) is 24.2 Å². The molecule has 2 aliphatic heterocycles. The van der Waals surface area contributed by atoms with E-state index >= 15 is 0 Å². The molecule has 2 aliphatic rings. The van der Waals surface area contributed by atoms with Gasteiger partial charge in [0.1, 0.15) is 17.3 Å². The van der Waals surface area contributed by atoms with Gasteiger partial charge in [-0.2, -0.15) is 0 Å². The monoisotopic (exact) mass is 318 g/mol. The van der Waals surface area contributed by atoms with Crippen LogP contribution in [0.15, 0.2) is 59.2 Å². The van der Waals surface area contributed by atoms with Crippen molar-refractivity contribution in [2.45, 2.75) is 13.5 Å². The molecule has 5 nitrogen and oxygen atoms in total. The summed E-state index contributed by atoms with van der Waals surface area (Å²) in [6.07, 6.45) is 1.69. The third kappa shape index (κ3) is 2.65. The first-order valence-electron chi connectivity index (χ1n) is 7.87. The number of nitrogens with one attached hydrogen (secondary N) is 1. The van der Waals surface area contributed by atoms with Crippen molar-refractivity contribution in [1.82, 2.24) is 15.0 Å². The number of aromatic nitrogens is 3. The molecule has 0 fully saturated rings. The number of aromatic amines is 1. The summed E-state index contributed by atoms with van der Waals surface area (Å²) in [5, 5.41) is 0. The maximum atomic E-state index is 5.44. The second-order valence-electron chi connectivity index (χ2n) is 5.85. The van der Waals surface area contributed by atoms with Crippen LogP contribution in [0.25, 0.3) is 22.6 Å². The lowest BCUT2D eigenvalue weighted by Gasteiger charge is -2.19. The topological polar surface area (TPSA) is 58.0 Å². The molecule has 24 heavy (non-hydrogen) atoms. The van der Waals surface area contributed by atoms with Gasteiger partial charge in [0.25, 0.3) is 0 Å². The minimum absolute atomic E-state index is 0.645. The molecule has 0 bridgehead atoms. The van der Waals surface area contributed by atoms with Crippen molar-refractivity contribution in [1.29, 1.82) is 0 Å². The number of fused-ring (bicyclic) bond motifs is 1. The SMILES string of the molecule is Cc1nc(N(C)Cc2ccco2)c2nc(-c3ccccc3)cc-2[nH]1. The van der Waals surface area contributed by atoms with Crippen molar-refractivity contribution >= 4 is 5.82 Å². The lowest BCUT2D eigenvalue weighted by Crippen LogP contribution is -2.19. The van der Waals surface area contributed by atoms with Gasteiger partial charge in [-0.25, -0.2) is 9.97 Å². The summed E-state index contributed by atoms with van der Waals surface area (Å²) in [4.78, 5) is 14.8. The molecule has 0 aliphatic carbocycles. The van der Waals surface area contributed by atoms with E-state index in [2.05, 4.69) is 33.1 Å². The highest BCUT2D eigenvalue weighted by atomic mass is 16.3. The molecule has 2 aromatic rings. The molecule has 0 saturated carbocycles. The predicted octanol–water partition coefficient (Wildman–Crippen LogP) is 4.11. The minimum atomic E-state index is 0.645. The van der Waals surface area contributed by atoms with Crippen LogP contribution in [0.5, 0.6) is 0 Å². The minimum Gasteiger partial charge on any atom is -0.467 e. The van der Waals surface area contributed by atoms with Crippen LogP contribution in [-0.2, 0) is 6.54 Å². The van der Waals surface area contributed by atoms with Crippen molar-refractivity contribution in [3.05, 3.63) is 66.4 Å². The number of anilines is 1. The van der Waals surface area contributed by atoms with E-state index in [1.54, 1.807) is 6.26 Å². The smallest absolute Gasteiger partial charge is 0.158 e. The zero-order valence-corrected chi connectivity index (χ0v) is 13.7. The fourth-order valence-corrected chi connectivity index (χ4v) is 2.85. The van der Waals surface area contributed by atoms with Gasteiger partial charge in [-0.1, -0.05) is 30.3 Å². The van der Waals surface area contributed by atoms with Crippen molar-refractivity contribution in [3.8, 4) is 22.6 Å². The third-order valence-electron chi connectivity index (χ3n) is 3.97. The Morgan fingerprint density at radius 2 is 1.92 bits per heavy atom. The maximum Gasteiger partial charge on any atom is 0.158 e. The molecular formula is C19H18N4O. The molecule has 0 spiro atoms. The summed E-state index contributed by atoms with van der Waals surface area (Å²) >= 11 is 0. The van der Waals surface area contributed by atoms with Crippen molar-refractivity contribution < 1.29 is 4.42 Å². The molecule has 120 valence electrons. The van der Waals surface area contributed by atoms with Gasteiger partial charge in [-0.15, -0.1) is 0 Å². The standard InChI is InChI=1S/C19H18N4O/c1-13-20-17-11-16(14-7-4-3-5-8-14)22-18(17)19(21-13)23(2)12-15-9-6-10-24-15/h3-11H,12H2,1-2H3,(H,20,21). The third-order valence-corrected chi connectivity index (χ3v) is 3.97. The van der Waals surface area contributed by atoms with E-state index in [1.807, 2.05) is 44.3 Å². The number of rotatable bonds is 4. The van der Waals surface area contributed by atoms with E-state index in [1.165, 1.54) is 0 Å². The maximum absolute atomic E-state index is 5.44. The van der Waals surface area contributed by atoms with E-state index in [-0.39, 0.29) is 0 Å². The Labute approximate surface area is 140 Å². The molecular weight excluding hydrogens is 300 g/mol. The van der Waals surface area contributed by atoms with Crippen LogP contribution in [-0.4, -0.2) is 22.0 Å². The number of H-pyrrole nitrogens is 1. The molecule has 3 heterocycles. The molecule has 0 unspecified atom stereocenters. The Morgan fingerprint density at radius 1 is 1.08 bits per heavy atom. The normalized spacial score (nSPS) is 11.1. The van der Waals surface area contributed by atoms with Crippen LogP contribution in [0.2, 0.25) is 0 Å². The van der Waals surface area contributed by atoms with Crippen LogP contribution >= 0.6 is 0 Å². The van der Waals surface area contributed by atoms with Crippen LogP contribution in [0, 0.1) is 6.92 Å². The Morgan fingerprint density at radius 3 is 2.67 bits per heavy atom. The summed E-state index contributed by atoms with van der Waals surface area (Å²) in [5.41, 5.74) is 3.90. The predicted molar refractivity (Wildman–Crippen MR) is 94.0 cm³/mol. The van der Waals surface area contributed by atoms with Crippen LogP contribution in [0.1, 0.15) is 11.6 Å². The zero-order valence-electron chi connectivity index (χ0n) is 13.7. The molecule has 1 N–H and O–H groups in total. The Hall–Kier alpha value is -3.08. The van der Waals surface area contributed by atoms with Gasteiger partial charge in [-0.3, -0.25) is 0 Å². The van der Waals surface area contributed by atoms with Crippen LogP contribution in [0.3, 0.4) is 0 Å². The highest BCUT2D eigenvalue weighted by Gasteiger charge is 2.20. The van der Waals surface area contributed by atoms with E-state index in [9.17, 15) is 0 Å². The molecule has 1 aromatic heterocycles. The van der Waals surface area contributed by atoms with Crippen molar-refractivity contribution in [2.24, 2.45) is 0 Å². The van der Waals surface area contributed by atoms with Crippen LogP contribution < -0.4 is 4.90 Å². The van der Waals surface area contributed by atoms with Crippen molar-refractivity contribution in [3.63, 3.8) is 0 Å². The molecule has 0 atom stereocenters. The number of aryl methyl sites for hydroxylation is 1. The van der Waals surface area contributed by atoms with E-state index in [4.69, 9.17) is 9.40 Å². The van der Waals surface area contributed by atoms with Gasteiger partial charge in [-0.05, 0) is 25.1 Å². The number of hydrogen-bond donors (Lipinski definition) is 1. The average Bonchev–Trinajstić information content (AvgIpc) is 3.24. The number of furan rings is 1. The molecule has 0 saturated heterocycles. The van der Waals surface area contributed by atoms with Gasteiger partial charge in [0.2, 0.25) is 0 Å². The van der Waals surface area contributed by atoms with Crippen LogP contribution in [0.4, 0.5) is 5.82 Å². The summed E-state index contributed by atoms with van der Waals surface area (Å²) in [6, 6.07) is 16.1. The fraction of sp³-hybridized carbons (Fsp3) is 0.158. The largest absolute Gasteiger partial charge is 0.467 e. The number of nitrogens with zero attached hydrogens (tertiary/aromatic N) is 3. The Bertz CT molecular complexity index is 912. The lowest BCUT2D eigenvalue weighted by molar-refractivity contribution is 0.507. The molecule has 0 radical (unpaired) electrons. The first-order valence-corrected chi connectivity index (χ1v) is 7.87. The summed E-state index contributed by atoms with van der Waals surface area (Å²) in [6.45, 7) is 2.60. The second kappa shape index (κ2) is 5.85. The quantitative estimate of drug-likeness (QED) is 0.615. The van der Waals surface area contributed by atoms with Gasteiger partial charge < -0.3 is 14.3 Å². The van der Waals surface area contributed by atoms with E-state index in [0.717, 1.165) is 40.0 Å². The lowest BCUT2D eigenvalue weighted by atomic mass is 10.1. The number of benzene rings is 1. The average molecular weight is 318 g/mol. The number of hydrogen-bond acceptors (Lipinski definition) is 4. The Kier molecular flexibility index (Phi) is 3.54. The van der Waals surface area contributed by atoms with E-state index < -0.39 is 0 Å². The second-order valence-corrected chi connectivity index (χ2v) is 5.85. The molecule has 5 heteroatoms. The van der Waals surface area contributed by atoms with Gasteiger partial charge >= 0.3 is 0 Å². The first kappa shape index (κ1) is 14.5. The van der Waals surface area contributed by atoms with Crippen molar-refractivity contribution in [2.75, 3.05) is 11.9 Å². The van der Waals surface area contributed by atoms with E-state index in [0.29, 0.717) is 6.54 Å². The summed E-state index contributed by atoms with van der Waals surface area (Å²) < 4.78 is 5.44. The highest BCUT2D eigenvalue weighted by Crippen LogP contribution is 2.33. The summed E-state index contributed by atoms with van der Waals surface area (Å²) in [7, 11) is 2.00. The molecule has 1 aromatic carbocycles.